The van der Waals surface area contributed by atoms with Gasteiger partial charge in [0.2, 0.25) is 11.8 Å². The van der Waals surface area contributed by atoms with Gasteiger partial charge in [0.25, 0.3) is 0 Å². The van der Waals surface area contributed by atoms with E-state index in [1.165, 1.54) is 0 Å². The van der Waals surface area contributed by atoms with E-state index in [1.807, 2.05) is 56.3 Å². The van der Waals surface area contributed by atoms with Gasteiger partial charge in [0, 0.05) is 16.6 Å². The van der Waals surface area contributed by atoms with Crippen LogP contribution in [0.15, 0.2) is 53.1 Å². The van der Waals surface area contributed by atoms with Gasteiger partial charge in [-0.1, -0.05) is 17.7 Å². The SMILES string of the molecule is Cc1cccc(-c2nc(CC(=O)Nc3ccc4cn[nH]c4c3)c(C)o2)c1. The summed E-state index contributed by atoms with van der Waals surface area (Å²) in [6.07, 6.45) is 1.90. The Labute approximate surface area is 150 Å². The zero-order valence-corrected chi connectivity index (χ0v) is 14.5. The molecule has 6 nitrogen and oxygen atoms in total. The lowest BCUT2D eigenvalue weighted by Gasteiger charge is -2.04. The van der Waals surface area contributed by atoms with Crippen molar-refractivity contribution < 1.29 is 9.21 Å². The average Bonchev–Trinajstić information content (AvgIpc) is 3.21. The molecule has 2 heterocycles. The molecule has 2 aromatic heterocycles. The fourth-order valence-corrected chi connectivity index (χ4v) is 2.87. The Morgan fingerprint density at radius 1 is 1.19 bits per heavy atom. The average molecular weight is 346 g/mol. The quantitative estimate of drug-likeness (QED) is 0.585. The molecule has 130 valence electrons. The van der Waals surface area contributed by atoms with Gasteiger partial charge < -0.3 is 9.73 Å². The molecule has 4 rings (SSSR count). The largest absolute Gasteiger partial charge is 0.441 e. The van der Waals surface area contributed by atoms with Crippen molar-refractivity contribution in [3.63, 3.8) is 0 Å². The minimum atomic E-state index is -0.143. The number of fused-ring (bicyclic) bond motifs is 1. The lowest BCUT2D eigenvalue weighted by molar-refractivity contribution is -0.115. The van der Waals surface area contributed by atoms with Gasteiger partial charge >= 0.3 is 0 Å². The Balaban J connectivity index is 1.50. The highest BCUT2D eigenvalue weighted by atomic mass is 16.4. The number of aromatic amines is 1. The molecule has 0 aliphatic heterocycles. The summed E-state index contributed by atoms with van der Waals surface area (Å²) in [5.41, 5.74) is 4.27. The third-order valence-corrected chi connectivity index (χ3v) is 4.21. The molecule has 4 aromatic rings. The molecule has 0 fully saturated rings. The molecule has 0 atom stereocenters. The summed E-state index contributed by atoms with van der Waals surface area (Å²) in [6, 6.07) is 13.5. The standard InChI is InChI=1S/C20H18N4O2/c1-12-4-3-5-14(8-12)20-23-17(13(2)26-20)10-19(25)22-16-7-6-15-11-21-24-18(15)9-16/h3-9,11H,10H2,1-2H3,(H,21,24)(H,22,25). The number of hydrogen-bond acceptors (Lipinski definition) is 4. The Hall–Kier alpha value is -3.41. The summed E-state index contributed by atoms with van der Waals surface area (Å²) in [4.78, 5) is 16.9. The smallest absolute Gasteiger partial charge is 0.230 e. The van der Waals surface area contributed by atoms with Crippen LogP contribution in [0.3, 0.4) is 0 Å². The second-order valence-corrected chi connectivity index (χ2v) is 6.29. The predicted octanol–water partition coefficient (Wildman–Crippen LogP) is 4.02. The number of carbonyl (C=O) groups excluding carboxylic acids is 1. The number of H-pyrrole nitrogens is 1. The van der Waals surface area contributed by atoms with Crippen LogP contribution in [0.25, 0.3) is 22.4 Å². The van der Waals surface area contributed by atoms with E-state index in [0.29, 0.717) is 23.0 Å². The van der Waals surface area contributed by atoms with Gasteiger partial charge in [-0.3, -0.25) is 9.89 Å². The van der Waals surface area contributed by atoms with Crippen LogP contribution in [0.4, 0.5) is 5.69 Å². The van der Waals surface area contributed by atoms with Crippen LogP contribution >= 0.6 is 0 Å². The molecule has 0 saturated heterocycles. The summed E-state index contributed by atoms with van der Waals surface area (Å²) in [5.74, 6) is 1.05. The normalized spacial score (nSPS) is 11.0. The minimum absolute atomic E-state index is 0.143. The van der Waals surface area contributed by atoms with Crippen LogP contribution in [0.1, 0.15) is 17.0 Å². The molecule has 2 aromatic carbocycles. The summed E-state index contributed by atoms with van der Waals surface area (Å²) in [7, 11) is 0. The van der Waals surface area contributed by atoms with Gasteiger partial charge in [-0.2, -0.15) is 5.10 Å². The van der Waals surface area contributed by atoms with Crippen LogP contribution in [0.2, 0.25) is 0 Å². The molecule has 0 aliphatic carbocycles. The topological polar surface area (TPSA) is 83.8 Å². The van der Waals surface area contributed by atoms with Gasteiger partial charge in [0.05, 0.1) is 23.8 Å². The highest BCUT2D eigenvalue weighted by Crippen LogP contribution is 2.23. The van der Waals surface area contributed by atoms with Crippen molar-refractivity contribution in [2.24, 2.45) is 0 Å². The zero-order chi connectivity index (χ0) is 18.1. The zero-order valence-electron chi connectivity index (χ0n) is 14.5. The highest BCUT2D eigenvalue weighted by Gasteiger charge is 2.15. The van der Waals surface area contributed by atoms with Crippen molar-refractivity contribution >= 4 is 22.5 Å². The fraction of sp³-hybridized carbons (Fsp3) is 0.150. The van der Waals surface area contributed by atoms with Crippen molar-refractivity contribution in [2.45, 2.75) is 20.3 Å². The summed E-state index contributed by atoms with van der Waals surface area (Å²) >= 11 is 0. The van der Waals surface area contributed by atoms with Gasteiger partial charge in [-0.15, -0.1) is 0 Å². The van der Waals surface area contributed by atoms with E-state index in [1.54, 1.807) is 6.20 Å². The maximum atomic E-state index is 12.4. The van der Waals surface area contributed by atoms with Gasteiger partial charge in [-0.25, -0.2) is 4.98 Å². The number of oxazole rings is 1. The van der Waals surface area contributed by atoms with E-state index in [-0.39, 0.29) is 12.3 Å². The van der Waals surface area contributed by atoms with Crippen LogP contribution in [0.5, 0.6) is 0 Å². The molecule has 0 bridgehead atoms. The number of benzene rings is 2. The Bertz CT molecular complexity index is 1090. The number of nitrogens with one attached hydrogen (secondary N) is 2. The van der Waals surface area contributed by atoms with Gasteiger partial charge in [0.1, 0.15) is 5.76 Å². The lowest BCUT2D eigenvalue weighted by atomic mass is 10.1. The molecular weight excluding hydrogens is 328 g/mol. The maximum Gasteiger partial charge on any atom is 0.230 e. The number of aromatic nitrogens is 3. The Morgan fingerprint density at radius 3 is 2.92 bits per heavy atom. The van der Waals surface area contributed by atoms with E-state index < -0.39 is 0 Å². The second-order valence-electron chi connectivity index (χ2n) is 6.29. The van der Waals surface area contributed by atoms with Crippen molar-refractivity contribution in [1.82, 2.24) is 15.2 Å². The number of nitrogens with zero attached hydrogens (tertiary/aromatic N) is 2. The number of hydrogen-bond donors (Lipinski definition) is 2. The second kappa shape index (κ2) is 6.48. The summed E-state index contributed by atoms with van der Waals surface area (Å²) in [5, 5.41) is 10.8. The van der Waals surface area contributed by atoms with Gasteiger partial charge in [0.15, 0.2) is 0 Å². The van der Waals surface area contributed by atoms with Crippen LogP contribution in [0, 0.1) is 13.8 Å². The molecule has 0 spiro atoms. The van der Waals surface area contributed by atoms with E-state index >= 15 is 0 Å². The van der Waals surface area contributed by atoms with Gasteiger partial charge in [-0.05, 0) is 44.2 Å². The van der Waals surface area contributed by atoms with Crippen molar-refractivity contribution in [3.05, 3.63) is 65.7 Å². The van der Waals surface area contributed by atoms with Crippen LogP contribution < -0.4 is 5.32 Å². The number of anilines is 1. The van der Waals surface area contributed by atoms with Crippen molar-refractivity contribution in [1.29, 1.82) is 0 Å². The predicted molar refractivity (Wildman–Crippen MR) is 99.8 cm³/mol. The minimum Gasteiger partial charge on any atom is -0.441 e. The Kier molecular flexibility index (Phi) is 4.01. The number of amides is 1. The first kappa shape index (κ1) is 16.1. The first-order valence-electron chi connectivity index (χ1n) is 8.35. The van der Waals surface area contributed by atoms with E-state index in [0.717, 1.165) is 22.0 Å². The fourth-order valence-electron chi connectivity index (χ4n) is 2.87. The summed E-state index contributed by atoms with van der Waals surface area (Å²) in [6.45, 7) is 3.84. The maximum absolute atomic E-state index is 12.4. The third-order valence-electron chi connectivity index (χ3n) is 4.21. The lowest BCUT2D eigenvalue weighted by Crippen LogP contribution is -2.15. The van der Waals surface area contributed by atoms with E-state index in [9.17, 15) is 4.79 Å². The first-order valence-corrected chi connectivity index (χ1v) is 8.35. The van der Waals surface area contributed by atoms with Crippen LogP contribution in [-0.4, -0.2) is 21.1 Å². The third kappa shape index (κ3) is 3.21. The molecular formula is C20H18N4O2. The molecule has 26 heavy (non-hydrogen) atoms. The molecule has 0 radical (unpaired) electrons. The highest BCUT2D eigenvalue weighted by molar-refractivity contribution is 5.94. The molecule has 0 aliphatic rings. The summed E-state index contributed by atoms with van der Waals surface area (Å²) < 4.78 is 5.75. The van der Waals surface area contributed by atoms with Crippen LogP contribution in [-0.2, 0) is 11.2 Å². The molecule has 2 N–H and O–H groups in total. The molecule has 0 unspecified atom stereocenters. The monoisotopic (exact) mass is 346 g/mol. The Morgan fingerprint density at radius 2 is 2.08 bits per heavy atom. The van der Waals surface area contributed by atoms with Crippen molar-refractivity contribution in [3.8, 4) is 11.5 Å². The molecule has 1 amide bonds. The number of rotatable bonds is 4. The first-order chi connectivity index (χ1) is 12.6. The van der Waals surface area contributed by atoms with E-state index in [2.05, 4.69) is 20.5 Å². The van der Waals surface area contributed by atoms with Crippen molar-refractivity contribution in [2.75, 3.05) is 5.32 Å². The molecule has 6 heteroatoms. The molecule has 0 saturated carbocycles. The number of aryl methyl sites for hydroxylation is 2. The number of carbonyl (C=O) groups is 1. The van der Waals surface area contributed by atoms with E-state index in [4.69, 9.17) is 4.42 Å².